The van der Waals surface area contributed by atoms with Gasteiger partial charge in [-0.25, -0.2) is 23.1 Å². The molecule has 0 bridgehead atoms. The molecule has 2 aliphatic rings. The van der Waals surface area contributed by atoms with Gasteiger partial charge in [0.05, 0.1) is 16.9 Å². The van der Waals surface area contributed by atoms with Gasteiger partial charge in [-0.05, 0) is 24.6 Å². The molecule has 1 aromatic carbocycles. The molecule has 3 heterocycles. The van der Waals surface area contributed by atoms with Crippen molar-refractivity contribution in [3.05, 3.63) is 59.4 Å². The minimum absolute atomic E-state index is 0.106. The number of fused-ring (bicyclic) bond motifs is 2. The van der Waals surface area contributed by atoms with Crippen LogP contribution in [0.2, 0.25) is 0 Å². The van der Waals surface area contributed by atoms with Gasteiger partial charge < -0.3 is 15.8 Å². The van der Waals surface area contributed by atoms with Crippen LogP contribution in [0.5, 0.6) is 0 Å². The van der Waals surface area contributed by atoms with Crippen LogP contribution >= 0.6 is 11.8 Å². The number of nitrogens with one attached hydrogen (secondary N) is 1. The van der Waals surface area contributed by atoms with Gasteiger partial charge in [0.15, 0.2) is 22.6 Å². The Morgan fingerprint density at radius 2 is 2.15 bits per heavy atom. The molecular formula is C23H19F3N6OS. The van der Waals surface area contributed by atoms with Gasteiger partial charge in [-0.3, -0.25) is 4.98 Å². The van der Waals surface area contributed by atoms with Crippen molar-refractivity contribution in [2.45, 2.75) is 16.7 Å². The minimum Gasteiger partial charge on any atom is -0.383 e. The van der Waals surface area contributed by atoms with E-state index in [4.69, 9.17) is 15.7 Å². The third kappa shape index (κ3) is 3.45. The van der Waals surface area contributed by atoms with Gasteiger partial charge in [-0.2, -0.15) is 5.26 Å². The highest BCUT2D eigenvalue weighted by atomic mass is 32.2. The van der Waals surface area contributed by atoms with Crippen molar-refractivity contribution in [1.29, 1.82) is 5.26 Å². The van der Waals surface area contributed by atoms with Crippen LogP contribution in [-0.2, 0) is 10.3 Å². The number of halogens is 3. The van der Waals surface area contributed by atoms with E-state index in [-0.39, 0.29) is 22.2 Å². The fourth-order valence-corrected chi connectivity index (χ4v) is 6.10. The number of benzene rings is 1. The lowest BCUT2D eigenvalue weighted by Gasteiger charge is -2.35. The molecular weight excluding hydrogens is 465 g/mol. The zero-order valence-corrected chi connectivity index (χ0v) is 18.8. The number of nitriles is 1. The Balaban J connectivity index is 1.59. The minimum atomic E-state index is -1.66. The zero-order chi connectivity index (χ0) is 24.1. The molecule has 1 saturated carbocycles. The molecule has 174 valence electrons. The van der Waals surface area contributed by atoms with Crippen LogP contribution in [0.1, 0.15) is 17.5 Å². The van der Waals surface area contributed by atoms with Crippen molar-refractivity contribution in [2.24, 2.45) is 16.6 Å². The van der Waals surface area contributed by atoms with Crippen LogP contribution in [-0.4, -0.2) is 40.3 Å². The monoisotopic (exact) mass is 484 g/mol. The SMILES string of the molecule is COC[C@@]12C[C@@H]1[C@@](CF)(c1cc(Nc3nccc4cc(C#N)cnc34)cc(F)c1F)N=C(N)S2. The fourth-order valence-electron chi connectivity index (χ4n) is 4.71. The molecule has 1 fully saturated rings. The number of amidine groups is 1. The van der Waals surface area contributed by atoms with E-state index < -0.39 is 34.5 Å². The van der Waals surface area contributed by atoms with Crippen molar-refractivity contribution >= 4 is 39.3 Å². The number of rotatable bonds is 6. The average Bonchev–Trinajstić information content (AvgIpc) is 3.55. The van der Waals surface area contributed by atoms with Crippen molar-refractivity contribution in [3.63, 3.8) is 0 Å². The molecule has 0 amide bonds. The fraction of sp³-hybridized carbons (Fsp3) is 0.304. The standard InChI is InChI=1S/C23H19F3N6OS/c1-33-11-22-7-17(22)23(10-24,32-21(28)34-22)15-5-14(6-16(25)18(15)26)31-20-19-13(2-3-29-20)4-12(8-27)9-30-19/h2-6,9,17H,7,10-11H2,1H3,(H2,28,32)(H,29,31)/t17-,22-,23+/m0/s1. The molecule has 0 saturated heterocycles. The molecule has 0 unspecified atom stereocenters. The second-order valence-electron chi connectivity index (χ2n) is 8.38. The quantitative estimate of drug-likeness (QED) is 0.541. The maximum Gasteiger partial charge on any atom is 0.164 e. The molecule has 3 atom stereocenters. The predicted molar refractivity (Wildman–Crippen MR) is 123 cm³/mol. The topological polar surface area (TPSA) is 109 Å². The second kappa shape index (κ2) is 8.14. The maximum absolute atomic E-state index is 15.1. The number of alkyl halides is 1. The van der Waals surface area contributed by atoms with Crippen LogP contribution in [0.25, 0.3) is 10.9 Å². The summed E-state index contributed by atoms with van der Waals surface area (Å²) in [6, 6.07) is 7.65. The molecule has 3 N–H and O–H groups in total. The summed E-state index contributed by atoms with van der Waals surface area (Å²) >= 11 is 1.28. The van der Waals surface area contributed by atoms with Gasteiger partial charge in [0, 0.05) is 48.1 Å². The first kappa shape index (κ1) is 22.4. The number of hydrogen-bond acceptors (Lipinski definition) is 8. The number of hydrogen-bond donors (Lipinski definition) is 2. The molecule has 5 rings (SSSR count). The first-order chi connectivity index (χ1) is 16.4. The number of nitrogens with two attached hydrogens (primary N) is 1. The van der Waals surface area contributed by atoms with E-state index in [0.29, 0.717) is 29.5 Å². The lowest BCUT2D eigenvalue weighted by atomic mass is 9.84. The second-order valence-corrected chi connectivity index (χ2v) is 9.81. The Hall–Kier alpha value is -3.36. The highest BCUT2D eigenvalue weighted by Gasteiger charge is 2.68. The maximum atomic E-state index is 15.1. The van der Waals surface area contributed by atoms with Crippen molar-refractivity contribution in [3.8, 4) is 6.07 Å². The van der Waals surface area contributed by atoms with Crippen LogP contribution in [0.4, 0.5) is 24.7 Å². The lowest BCUT2D eigenvalue weighted by Crippen LogP contribution is -2.41. The number of aromatic nitrogens is 2. The van der Waals surface area contributed by atoms with E-state index in [9.17, 15) is 8.78 Å². The highest BCUT2D eigenvalue weighted by Crippen LogP contribution is 2.66. The Morgan fingerprint density at radius 1 is 1.32 bits per heavy atom. The molecule has 3 aromatic rings. The smallest absolute Gasteiger partial charge is 0.164 e. The molecule has 7 nitrogen and oxygen atoms in total. The summed E-state index contributed by atoms with van der Waals surface area (Å²) < 4.78 is 49.3. The molecule has 1 aliphatic carbocycles. The number of thioether (sulfide) groups is 1. The summed E-state index contributed by atoms with van der Waals surface area (Å²) in [5.74, 6) is -2.46. The number of anilines is 2. The average molecular weight is 485 g/mol. The number of ether oxygens (including phenoxy) is 1. The first-order valence-corrected chi connectivity index (χ1v) is 11.2. The molecule has 34 heavy (non-hydrogen) atoms. The summed E-state index contributed by atoms with van der Waals surface area (Å²) in [5.41, 5.74) is 5.09. The number of methoxy groups -OCH3 is 1. The van der Waals surface area contributed by atoms with E-state index in [1.165, 1.54) is 37.3 Å². The first-order valence-electron chi connectivity index (χ1n) is 10.4. The molecule has 1 aliphatic heterocycles. The van der Waals surface area contributed by atoms with Crippen molar-refractivity contribution in [2.75, 3.05) is 25.7 Å². The van der Waals surface area contributed by atoms with E-state index in [1.54, 1.807) is 12.1 Å². The van der Waals surface area contributed by atoms with Crippen LogP contribution < -0.4 is 11.1 Å². The van der Waals surface area contributed by atoms with E-state index >= 15 is 4.39 Å². The van der Waals surface area contributed by atoms with Gasteiger partial charge in [0.25, 0.3) is 0 Å². The largest absolute Gasteiger partial charge is 0.383 e. The molecule has 2 aromatic heterocycles. The number of nitrogens with zero attached hydrogens (tertiary/aromatic N) is 4. The van der Waals surface area contributed by atoms with Crippen LogP contribution in [0, 0.1) is 28.9 Å². The Morgan fingerprint density at radius 3 is 2.88 bits per heavy atom. The summed E-state index contributed by atoms with van der Waals surface area (Å²) in [5, 5.41) is 12.8. The molecule has 11 heteroatoms. The van der Waals surface area contributed by atoms with Gasteiger partial charge in [0.2, 0.25) is 0 Å². The van der Waals surface area contributed by atoms with Crippen molar-refractivity contribution in [1.82, 2.24) is 9.97 Å². The van der Waals surface area contributed by atoms with Crippen LogP contribution in [0.15, 0.2) is 41.7 Å². The Kier molecular flexibility index (Phi) is 5.37. The Labute approximate surface area is 197 Å². The number of aliphatic imine (C=N–C) groups is 1. The van der Waals surface area contributed by atoms with E-state index in [0.717, 1.165) is 6.07 Å². The van der Waals surface area contributed by atoms with Gasteiger partial charge in [0.1, 0.15) is 23.8 Å². The van der Waals surface area contributed by atoms with Crippen LogP contribution in [0.3, 0.4) is 0 Å². The number of pyridine rings is 2. The normalized spacial score (nSPS) is 25.4. The third-order valence-corrected chi connectivity index (χ3v) is 7.57. The van der Waals surface area contributed by atoms with Gasteiger partial charge in [-0.1, -0.05) is 11.8 Å². The van der Waals surface area contributed by atoms with Crippen molar-refractivity contribution < 1.29 is 17.9 Å². The van der Waals surface area contributed by atoms with Gasteiger partial charge >= 0.3 is 0 Å². The summed E-state index contributed by atoms with van der Waals surface area (Å²) in [4.78, 5) is 12.8. The predicted octanol–water partition coefficient (Wildman–Crippen LogP) is 4.15. The summed E-state index contributed by atoms with van der Waals surface area (Å²) in [6.45, 7) is -0.756. The van der Waals surface area contributed by atoms with Gasteiger partial charge in [-0.15, -0.1) is 0 Å². The highest BCUT2D eigenvalue weighted by molar-refractivity contribution is 8.15. The summed E-state index contributed by atoms with van der Waals surface area (Å²) in [6.07, 6.45) is 3.40. The molecule has 0 spiro atoms. The van der Waals surface area contributed by atoms with E-state index in [2.05, 4.69) is 20.3 Å². The summed E-state index contributed by atoms with van der Waals surface area (Å²) in [7, 11) is 1.53. The molecule has 0 radical (unpaired) electrons. The Bertz CT molecular complexity index is 1380. The zero-order valence-electron chi connectivity index (χ0n) is 18.0. The lowest BCUT2D eigenvalue weighted by molar-refractivity contribution is 0.176. The van der Waals surface area contributed by atoms with E-state index in [1.807, 2.05) is 6.07 Å². The third-order valence-electron chi connectivity index (χ3n) is 6.30.